The van der Waals surface area contributed by atoms with Crippen LogP contribution in [-0.4, -0.2) is 52.9 Å². The third-order valence-electron chi connectivity index (χ3n) is 5.52. The van der Waals surface area contributed by atoms with Crippen molar-refractivity contribution in [2.75, 3.05) is 20.2 Å². The topological polar surface area (TPSA) is 73.8 Å². The van der Waals surface area contributed by atoms with Crippen molar-refractivity contribution < 1.29 is 32.2 Å². The molecule has 35 heavy (non-hydrogen) atoms. The summed E-state index contributed by atoms with van der Waals surface area (Å²) in [7, 11) is 1.26. The zero-order valence-corrected chi connectivity index (χ0v) is 19.8. The van der Waals surface area contributed by atoms with Gasteiger partial charge in [0, 0.05) is 36.3 Å². The zero-order chi connectivity index (χ0) is 25.3. The fraction of sp³-hybridized carbons (Fsp3) is 0.400. The number of ether oxygens (including phenoxy) is 3. The summed E-state index contributed by atoms with van der Waals surface area (Å²) < 4.78 is 58.9. The van der Waals surface area contributed by atoms with E-state index in [0.29, 0.717) is 29.6 Å². The lowest BCUT2D eigenvalue weighted by atomic mass is 10.0. The van der Waals surface area contributed by atoms with Crippen molar-refractivity contribution in [2.45, 2.75) is 45.3 Å². The molecular formula is C25H26F3N3O4. The number of hydrogen-bond acceptors (Lipinski definition) is 6. The lowest BCUT2D eigenvalue weighted by Crippen LogP contribution is -2.36. The smallest absolute Gasteiger partial charge is 0.410 e. The molecule has 1 aliphatic rings. The Labute approximate surface area is 200 Å². The molecule has 0 saturated carbocycles. The number of benzene rings is 1. The maximum absolute atomic E-state index is 15.7. The molecule has 10 heteroatoms. The maximum atomic E-state index is 15.7. The molecule has 0 bridgehead atoms. The Morgan fingerprint density at radius 2 is 1.97 bits per heavy atom. The van der Waals surface area contributed by atoms with Gasteiger partial charge in [0.2, 0.25) is 5.88 Å². The van der Waals surface area contributed by atoms with Gasteiger partial charge in [-0.15, -0.1) is 0 Å². The largest absolute Gasteiger partial charge is 0.485 e. The van der Waals surface area contributed by atoms with E-state index in [1.54, 1.807) is 26.8 Å². The SMILES string of the molecule is COc1ncc(-c2ccnc3ccc(O[C@H]4CCN(C(=O)OC(C)(C)C)C4)c(F)c23)cc1C(F)F. The number of likely N-dealkylation sites (tertiary alicyclic amines) is 1. The predicted octanol–water partition coefficient (Wildman–Crippen LogP) is 5.77. The average Bonchev–Trinajstić information content (AvgIpc) is 3.28. The van der Waals surface area contributed by atoms with Gasteiger partial charge in [0.05, 0.1) is 24.7 Å². The van der Waals surface area contributed by atoms with Crippen LogP contribution in [0.1, 0.15) is 39.2 Å². The molecule has 186 valence electrons. The van der Waals surface area contributed by atoms with Gasteiger partial charge in [-0.05, 0) is 50.6 Å². The van der Waals surface area contributed by atoms with Crippen molar-refractivity contribution in [3.8, 4) is 22.8 Å². The molecule has 0 radical (unpaired) electrons. The molecule has 1 atom stereocenters. The lowest BCUT2D eigenvalue weighted by molar-refractivity contribution is 0.0275. The molecule has 1 amide bonds. The fourth-order valence-corrected chi connectivity index (χ4v) is 3.96. The normalized spacial score (nSPS) is 16.1. The van der Waals surface area contributed by atoms with E-state index in [9.17, 15) is 13.6 Å². The molecule has 1 saturated heterocycles. The van der Waals surface area contributed by atoms with Gasteiger partial charge in [-0.1, -0.05) is 0 Å². The highest BCUT2D eigenvalue weighted by atomic mass is 19.3. The molecule has 2 aromatic heterocycles. The van der Waals surface area contributed by atoms with Gasteiger partial charge in [-0.3, -0.25) is 4.98 Å². The standard InChI is InChI=1S/C25H26F3N3O4/c1-25(2,3)35-24(32)31-10-8-15(13-31)34-19-6-5-18-20(21(19)26)16(7-9-29-18)14-11-17(22(27)28)23(33-4)30-12-14/h5-7,9,11-12,15,22H,8,10,13H2,1-4H3/t15-/m0/s1. The number of methoxy groups -OCH3 is 1. The van der Waals surface area contributed by atoms with E-state index in [2.05, 4.69) is 9.97 Å². The van der Waals surface area contributed by atoms with Gasteiger partial charge in [-0.2, -0.15) is 0 Å². The highest BCUT2D eigenvalue weighted by molar-refractivity contribution is 5.95. The lowest BCUT2D eigenvalue weighted by Gasteiger charge is -2.24. The molecule has 4 rings (SSSR count). The minimum atomic E-state index is -2.82. The average molecular weight is 489 g/mol. The number of nitrogens with zero attached hydrogens (tertiary/aromatic N) is 3. The highest BCUT2D eigenvalue weighted by Gasteiger charge is 2.31. The van der Waals surface area contributed by atoms with Crippen LogP contribution in [-0.2, 0) is 4.74 Å². The van der Waals surface area contributed by atoms with Crippen LogP contribution in [0, 0.1) is 5.82 Å². The van der Waals surface area contributed by atoms with Crippen LogP contribution in [0.5, 0.6) is 11.6 Å². The molecule has 0 N–H and O–H groups in total. The summed E-state index contributed by atoms with van der Waals surface area (Å²) in [6.07, 6.45) is -0.360. The monoisotopic (exact) mass is 489 g/mol. The van der Waals surface area contributed by atoms with Gasteiger partial charge in [0.1, 0.15) is 11.7 Å². The van der Waals surface area contributed by atoms with E-state index in [-0.39, 0.29) is 23.6 Å². The van der Waals surface area contributed by atoms with Crippen LogP contribution in [0.2, 0.25) is 0 Å². The number of aromatic nitrogens is 2. The molecule has 0 unspecified atom stereocenters. The quantitative estimate of drug-likeness (QED) is 0.453. The van der Waals surface area contributed by atoms with E-state index in [4.69, 9.17) is 14.2 Å². The van der Waals surface area contributed by atoms with E-state index in [1.165, 1.54) is 42.6 Å². The third kappa shape index (κ3) is 5.26. The minimum absolute atomic E-state index is 0.0154. The first kappa shape index (κ1) is 24.6. The number of fused-ring (bicyclic) bond motifs is 1. The molecular weight excluding hydrogens is 463 g/mol. The van der Waals surface area contributed by atoms with Crippen molar-refractivity contribution in [2.24, 2.45) is 0 Å². The van der Waals surface area contributed by atoms with Crippen LogP contribution in [0.25, 0.3) is 22.0 Å². The number of rotatable bonds is 5. The Balaban J connectivity index is 1.63. The fourth-order valence-electron chi connectivity index (χ4n) is 3.96. The van der Waals surface area contributed by atoms with E-state index >= 15 is 4.39 Å². The second-order valence-electron chi connectivity index (χ2n) is 9.21. The molecule has 3 heterocycles. The van der Waals surface area contributed by atoms with Gasteiger partial charge < -0.3 is 19.1 Å². The Kier molecular flexibility index (Phi) is 6.73. The number of amides is 1. The van der Waals surface area contributed by atoms with Crippen LogP contribution in [0.15, 0.2) is 36.7 Å². The summed E-state index contributed by atoms with van der Waals surface area (Å²) in [5.74, 6) is -0.878. The third-order valence-corrected chi connectivity index (χ3v) is 5.52. The summed E-state index contributed by atoms with van der Waals surface area (Å²) in [5.41, 5.74) is -0.0393. The summed E-state index contributed by atoms with van der Waals surface area (Å²) >= 11 is 0. The summed E-state index contributed by atoms with van der Waals surface area (Å²) in [5, 5.41) is 0.124. The molecule has 7 nitrogen and oxygen atoms in total. The summed E-state index contributed by atoms with van der Waals surface area (Å²) in [6, 6.07) is 5.84. The Hall–Kier alpha value is -3.56. The first-order valence-corrected chi connectivity index (χ1v) is 11.1. The second kappa shape index (κ2) is 9.59. The van der Waals surface area contributed by atoms with Crippen molar-refractivity contribution in [1.82, 2.24) is 14.9 Å². The van der Waals surface area contributed by atoms with Crippen molar-refractivity contribution in [3.05, 3.63) is 48.0 Å². The predicted molar refractivity (Wildman–Crippen MR) is 123 cm³/mol. The van der Waals surface area contributed by atoms with Crippen LogP contribution in [0.3, 0.4) is 0 Å². The molecule has 0 aliphatic carbocycles. The van der Waals surface area contributed by atoms with Crippen LogP contribution in [0.4, 0.5) is 18.0 Å². The Morgan fingerprint density at radius 3 is 2.66 bits per heavy atom. The first-order valence-electron chi connectivity index (χ1n) is 11.1. The zero-order valence-electron chi connectivity index (χ0n) is 19.8. The Bertz CT molecular complexity index is 1250. The van der Waals surface area contributed by atoms with E-state index < -0.39 is 35.6 Å². The summed E-state index contributed by atoms with van der Waals surface area (Å²) in [6.45, 7) is 6.04. The highest BCUT2D eigenvalue weighted by Crippen LogP contribution is 2.37. The van der Waals surface area contributed by atoms with E-state index in [0.717, 1.165) is 0 Å². The molecule has 0 spiro atoms. The van der Waals surface area contributed by atoms with Crippen LogP contribution >= 0.6 is 0 Å². The second-order valence-corrected chi connectivity index (χ2v) is 9.21. The van der Waals surface area contributed by atoms with Gasteiger partial charge in [0.15, 0.2) is 11.6 Å². The number of carbonyl (C=O) groups is 1. The molecule has 1 fully saturated rings. The number of halogens is 3. The molecule has 1 aliphatic heterocycles. The number of carbonyl (C=O) groups excluding carboxylic acids is 1. The number of pyridine rings is 2. The van der Waals surface area contributed by atoms with Crippen molar-refractivity contribution in [3.63, 3.8) is 0 Å². The number of hydrogen-bond donors (Lipinski definition) is 0. The van der Waals surface area contributed by atoms with Gasteiger partial charge >= 0.3 is 6.09 Å². The number of alkyl halides is 2. The molecule has 3 aromatic rings. The van der Waals surface area contributed by atoms with Crippen molar-refractivity contribution >= 4 is 17.0 Å². The van der Waals surface area contributed by atoms with Crippen molar-refractivity contribution in [1.29, 1.82) is 0 Å². The van der Waals surface area contributed by atoms with Gasteiger partial charge in [0.25, 0.3) is 6.43 Å². The maximum Gasteiger partial charge on any atom is 0.410 e. The summed E-state index contributed by atoms with van der Waals surface area (Å²) in [4.78, 5) is 22.0. The Morgan fingerprint density at radius 1 is 1.20 bits per heavy atom. The van der Waals surface area contributed by atoms with Crippen LogP contribution < -0.4 is 9.47 Å². The molecule has 1 aromatic carbocycles. The first-order chi connectivity index (χ1) is 16.6. The van der Waals surface area contributed by atoms with E-state index in [1.807, 2.05) is 0 Å². The minimum Gasteiger partial charge on any atom is -0.485 e. The van der Waals surface area contributed by atoms with Gasteiger partial charge in [-0.25, -0.2) is 22.9 Å².